The lowest BCUT2D eigenvalue weighted by Gasteiger charge is -2.41. The van der Waals surface area contributed by atoms with Gasteiger partial charge in [0.1, 0.15) is 0 Å². The van der Waals surface area contributed by atoms with Crippen LogP contribution in [0.15, 0.2) is 0 Å². The molecule has 1 heteroatoms. The molecule has 1 aliphatic heterocycles. The van der Waals surface area contributed by atoms with Gasteiger partial charge < -0.3 is 4.74 Å². The first-order valence-electron chi connectivity index (χ1n) is 8.98. The molecule has 0 aromatic rings. The Morgan fingerprint density at radius 2 is 1.26 bits per heavy atom. The standard InChI is InChI=1S/C18H32O/c1-2-3-14-4-6-15(7-5-14)16-8-10-17(11-9-16)18-12-13-19-18/h14-18H,2-13H2,1H3/t14-,15-,16?,17?,18?. The Morgan fingerprint density at radius 1 is 0.737 bits per heavy atom. The highest BCUT2D eigenvalue weighted by molar-refractivity contribution is 4.85. The van der Waals surface area contributed by atoms with Crippen molar-refractivity contribution in [3.63, 3.8) is 0 Å². The molecule has 0 amide bonds. The van der Waals surface area contributed by atoms with Crippen LogP contribution in [0.2, 0.25) is 0 Å². The Kier molecular flexibility index (Phi) is 4.84. The average Bonchev–Trinajstić information content (AvgIpc) is 2.39. The van der Waals surface area contributed by atoms with Crippen LogP contribution in [0.1, 0.15) is 77.6 Å². The number of hydrogen-bond donors (Lipinski definition) is 0. The molecule has 1 atom stereocenters. The van der Waals surface area contributed by atoms with E-state index in [1.165, 1.54) is 57.8 Å². The van der Waals surface area contributed by atoms with E-state index < -0.39 is 0 Å². The molecule has 0 N–H and O–H groups in total. The maximum atomic E-state index is 5.69. The first kappa shape index (κ1) is 13.9. The van der Waals surface area contributed by atoms with Gasteiger partial charge in [-0.3, -0.25) is 0 Å². The fourth-order valence-electron chi connectivity index (χ4n) is 4.97. The minimum atomic E-state index is 0.654. The summed E-state index contributed by atoms with van der Waals surface area (Å²) in [6.07, 6.45) is 17.0. The van der Waals surface area contributed by atoms with Crippen molar-refractivity contribution in [1.29, 1.82) is 0 Å². The molecule has 1 heterocycles. The van der Waals surface area contributed by atoms with Crippen LogP contribution in [-0.4, -0.2) is 12.7 Å². The van der Waals surface area contributed by atoms with E-state index in [4.69, 9.17) is 4.74 Å². The van der Waals surface area contributed by atoms with Crippen molar-refractivity contribution in [2.75, 3.05) is 6.61 Å². The maximum absolute atomic E-state index is 5.69. The van der Waals surface area contributed by atoms with E-state index >= 15 is 0 Å². The molecule has 3 fully saturated rings. The summed E-state index contributed by atoms with van der Waals surface area (Å²) in [5.41, 5.74) is 0. The number of ether oxygens (including phenoxy) is 1. The van der Waals surface area contributed by atoms with Gasteiger partial charge in [0.05, 0.1) is 6.10 Å². The van der Waals surface area contributed by atoms with Crippen LogP contribution in [0.4, 0.5) is 0 Å². The molecule has 0 bridgehead atoms. The van der Waals surface area contributed by atoms with E-state index in [0.717, 1.165) is 30.3 Å². The lowest BCUT2D eigenvalue weighted by Crippen LogP contribution is -2.37. The summed E-state index contributed by atoms with van der Waals surface area (Å²) in [6, 6.07) is 0. The highest BCUT2D eigenvalue weighted by atomic mass is 16.5. The highest BCUT2D eigenvalue weighted by Crippen LogP contribution is 2.44. The van der Waals surface area contributed by atoms with E-state index in [1.54, 1.807) is 12.8 Å². The summed E-state index contributed by atoms with van der Waals surface area (Å²) in [5.74, 6) is 4.14. The average molecular weight is 264 g/mol. The molecule has 1 unspecified atom stereocenters. The second-order valence-corrected chi connectivity index (χ2v) is 7.44. The minimum Gasteiger partial charge on any atom is -0.378 e. The monoisotopic (exact) mass is 264 g/mol. The van der Waals surface area contributed by atoms with Crippen molar-refractivity contribution in [3.05, 3.63) is 0 Å². The predicted octanol–water partition coefficient (Wildman–Crippen LogP) is 5.19. The first-order chi connectivity index (χ1) is 9.36. The van der Waals surface area contributed by atoms with Crippen molar-refractivity contribution in [2.24, 2.45) is 23.7 Å². The van der Waals surface area contributed by atoms with Crippen LogP contribution in [-0.2, 0) is 4.74 Å². The molecule has 3 aliphatic rings. The zero-order valence-corrected chi connectivity index (χ0v) is 12.8. The van der Waals surface area contributed by atoms with E-state index in [2.05, 4.69) is 6.92 Å². The van der Waals surface area contributed by atoms with E-state index in [-0.39, 0.29) is 0 Å². The van der Waals surface area contributed by atoms with E-state index in [0.29, 0.717) is 6.10 Å². The normalized spacial score (nSPS) is 43.7. The predicted molar refractivity (Wildman–Crippen MR) is 80.2 cm³/mol. The molecule has 110 valence electrons. The summed E-state index contributed by atoms with van der Waals surface area (Å²) in [6.45, 7) is 3.38. The molecule has 19 heavy (non-hydrogen) atoms. The third kappa shape index (κ3) is 3.35. The summed E-state index contributed by atoms with van der Waals surface area (Å²) in [4.78, 5) is 0. The molecule has 0 spiro atoms. The Bertz CT molecular complexity index is 255. The van der Waals surface area contributed by atoms with Crippen molar-refractivity contribution >= 4 is 0 Å². The lowest BCUT2D eigenvalue weighted by molar-refractivity contribution is -0.0965. The van der Waals surface area contributed by atoms with E-state index in [9.17, 15) is 0 Å². The molecule has 3 rings (SSSR count). The Labute approximate surface area is 119 Å². The number of rotatable bonds is 4. The largest absolute Gasteiger partial charge is 0.378 e. The van der Waals surface area contributed by atoms with Gasteiger partial charge in [-0.2, -0.15) is 0 Å². The Balaban J connectivity index is 1.39. The minimum absolute atomic E-state index is 0.654. The third-order valence-electron chi connectivity index (χ3n) is 6.33. The molecule has 2 saturated carbocycles. The lowest BCUT2D eigenvalue weighted by atomic mass is 9.67. The van der Waals surface area contributed by atoms with Crippen molar-refractivity contribution < 1.29 is 4.74 Å². The Morgan fingerprint density at radius 3 is 1.74 bits per heavy atom. The van der Waals surface area contributed by atoms with Gasteiger partial charge in [0, 0.05) is 6.61 Å². The number of hydrogen-bond acceptors (Lipinski definition) is 1. The van der Waals surface area contributed by atoms with Crippen LogP contribution in [0.3, 0.4) is 0 Å². The van der Waals surface area contributed by atoms with Crippen LogP contribution in [0.5, 0.6) is 0 Å². The van der Waals surface area contributed by atoms with Crippen LogP contribution >= 0.6 is 0 Å². The summed E-state index contributed by atoms with van der Waals surface area (Å²) < 4.78 is 5.69. The molecule has 1 saturated heterocycles. The topological polar surface area (TPSA) is 9.23 Å². The van der Waals surface area contributed by atoms with Gasteiger partial charge >= 0.3 is 0 Å². The molecular weight excluding hydrogens is 232 g/mol. The van der Waals surface area contributed by atoms with Gasteiger partial charge in [-0.25, -0.2) is 0 Å². The smallest absolute Gasteiger partial charge is 0.0625 e. The SMILES string of the molecule is CCC[C@H]1CC[C@H](C2CCC(C3CCO3)CC2)CC1. The second-order valence-electron chi connectivity index (χ2n) is 7.44. The molecular formula is C18H32O. The molecule has 2 aliphatic carbocycles. The zero-order chi connectivity index (χ0) is 13.1. The molecule has 0 aromatic carbocycles. The Hall–Kier alpha value is -0.0400. The van der Waals surface area contributed by atoms with E-state index in [1.807, 2.05) is 0 Å². The third-order valence-corrected chi connectivity index (χ3v) is 6.33. The van der Waals surface area contributed by atoms with Crippen LogP contribution in [0.25, 0.3) is 0 Å². The van der Waals surface area contributed by atoms with Gasteiger partial charge in [0.15, 0.2) is 0 Å². The van der Waals surface area contributed by atoms with Gasteiger partial charge in [-0.15, -0.1) is 0 Å². The van der Waals surface area contributed by atoms with Crippen molar-refractivity contribution in [3.8, 4) is 0 Å². The highest BCUT2D eigenvalue weighted by Gasteiger charge is 2.35. The first-order valence-corrected chi connectivity index (χ1v) is 8.98. The van der Waals surface area contributed by atoms with Crippen molar-refractivity contribution in [2.45, 2.75) is 83.7 Å². The van der Waals surface area contributed by atoms with Crippen LogP contribution < -0.4 is 0 Å². The molecule has 1 nitrogen and oxygen atoms in total. The summed E-state index contributed by atoms with van der Waals surface area (Å²) >= 11 is 0. The fourth-order valence-corrected chi connectivity index (χ4v) is 4.97. The zero-order valence-electron chi connectivity index (χ0n) is 12.8. The van der Waals surface area contributed by atoms with Crippen LogP contribution in [0, 0.1) is 23.7 Å². The quantitative estimate of drug-likeness (QED) is 0.679. The van der Waals surface area contributed by atoms with Gasteiger partial charge in [-0.1, -0.05) is 32.6 Å². The van der Waals surface area contributed by atoms with Gasteiger partial charge in [0.25, 0.3) is 0 Å². The van der Waals surface area contributed by atoms with Gasteiger partial charge in [0.2, 0.25) is 0 Å². The van der Waals surface area contributed by atoms with Gasteiger partial charge in [-0.05, 0) is 68.6 Å². The fraction of sp³-hybridized carbons (Fsp3) is 1.00. The second kappa shape index (κ2) is 6.61. The molecule has 0 radical (unpaired) electrons. The maximum Gasteiger partial charge on any atom is 0.0625 e. The summed E-state index contributed by atoms with van der Waals surface area (Å²) in [7, 11) is 0. The summed E-state index contributed by atoms with van der Waals surface area (Å²) in [5, 5.41) is 0. The molecule has 0 aromatic heterocycles. The van der Waals surface area contributed by atoms with Crippen molar-refractivity contribution in [1.82, 2.24) is 0 Å².